The fourth-order valence-corrected chi connectivity index (χ4v) is 4.23. The fourth-order valence-electron chi connectivity index (χ4n) is 4.23. The van der Waals surface area contributed by atoms with E-state index >= 15 is 0 Å². The van der Waals surface area contributed by atoms with Gasteiger partial charge in [0.2, 0.25) is 5.91 Å². The molecule has 0 radical (unpaired) electrons. The molecule has 2 saturated heterocycles. The van der Waals surface area contributed by atoms with Crippen LogP contribution in [0, 0.1) is 0 Å². The van der Waals surface area contributed by atoms with E-state index in [0.29, 0.717) is 12.6 Å². The first-order valence-electron chi connectivity index (χ1n) is 9.90. The van der Waals surface area contributed by atoms with E-state index in [4.69, 9.17) is 4.99 Å². The summed E-state index contributed by atoms with van der Waals surface area (Å²) in [5.74, 6) is 1.04. The summed E-state index contributed by atoms with van der Waals surface area (Å²) in [6.07, 6.45) is 0. The SMILES string of the molecule is CCNC(=NCC1CN(C)CCN1C)N1CC(=O)N(C(C)C)C(C)(C)C1. The zero-order valence-corrected chi connectivity index (χ0v) is 17.7. The lowest BCUT2D eigenvalue weighted by atomic mass is 9.96. The molecule has 2 aliphatic rings. The van der Waals surface area contributed by atoms with E-state index in [1.807, 2.05) is 4.90 Å². The molecule has 2 heterocycles. The number of nitrogens with one attached hydrogen (secondary N) is 1. The van der Waals surface area contributed by atoms with Crippen LogP contribution in [0.3, 0.4) is 0 Å². The summed E-state index contributed by atoms with van der Waals surface area (Å²) in [5.41, 5.74) is -0.207. The Morgan fingerprint density at radius 2 is 2.00 bits per heavy atom. The molecule has 150 valence electrons. The second-order valence-electron chi connectivity index (χ2n) is 8.62. The van der Waals surface area contributed by atoms with Crippen molar-refractivity contribution in [3.05, 3.63) is 0 Å². The highest BCUT2D eigenvalue weighted by Crippen LogP contribution is 2.24. The van der Waals surface area contributed by atoms with Gasteiger partial charge in [0.1, 0.15) is 0 Å². The normalized spacial score (nSPS) is 25.9. The van der Waals surface area contributed by atoms with E-state index in [9.17, 15) is 4.79 Å². The van der Waals surface area contributed by atoms with E-state index in [1.54, 1.807) is 0 Å². The molecule has 0 spiro atoms. The van der Waals surface area contributed by atoms with Crippen LogP contribution >= 0.6 is 0 Å². The molecular formula is C19H38N6O. The van der Waals surface area contributed by atoms with Crippen LogP contribution in [0.25, 0.3) is 0 Å². The first kappa shape index (κ1) is 21.0. The standard InChI is InChI=1S/C19H38N6O/c1-8-20-18(21-11-16-12-22(6)9-10-23(16)7)24-13-17(26)25(15(2)3)19(4,5)14-24/h15-16H,8-14H2,1-7H3,(H,20,21). The van der Waals surface area contributed by atoms with Gasteiger partial charge in [-0.05, 0) is 48.7 Å². The molecule has 2 fully saturated rings. The molecule has 2 aliphatic heterocycles. The number of piperazine rings is 2. The first-order chi connectivity index (χ1) is 12.2. The van der Waals surface area contributed by atoms with Gasteiger partial charge in [-0.2, -0.15) is 0 Å². The number of guanidine groups is 1. The highest BCUT2D eigenvalue weighted by atomic mass is 16.2. The topological polar surface area (TPSA) is 54.4 Å². The molecule has 0 saturated carbocycles. The van der Waals surface area contributed by atoms with E-state index in [2.05, 4.69) is 68.7 Å². The van der Waals surface area contributed by atoms with Crippen molar-refractivity contribution in [1.29, 1.82) is 0 Å². The Balaban J connectivity index is 2.12. The van der Waals surface area contributed by atoms with Gasteiger partial charge < -0.3 is 20.0 Å². The predicted molar refractivity (Wildman–Crippen MR) is 108 cm³/mol. The summed E-state index contributed by atoms with van der Waals surface area (Å²) in [4.78, 5) is 26.5. The van der Waals surface area contributed by atoms with Crippen molar-refractivity contribution >= 4 is 11.9 Å². The van der Waals surface area contributed by atoms with Gasteiger partial charge in [-0.3, -0.25) is 14.7 Å². The minimum Gasteiger partial charge on any atom is -0.357 e. The zero-order chi connectivity index (χ0) is 19.5. The minimum atomic E-state index is -0.207. The second-order valence-corrected chi connectivity index (χ2v) is 8.62. The smallest absolute Gasteiger partial charge is 0.242 e. The van der Waals surface area contributed by atoms with Crippen LogP contribution in [0.4, 0.5) is 0 Å². The molecule has 0 aromatic rings. The lowest BCUT2D eigenvalue weighted by Gasteiger charge is -2.49. The van der Waals surface area contributed by atoms with Crippen molar-refractivity contribution in [3.63, 3.8) is 0 Å². The van der Waals surface area contributed by atoms with Crippen molar-refractivity contribution in [1.82, 2.24) is 24.9 Å². The molecule has 0 bridgehead atoms. The molecule has 7 heteroatoms. The van der Waals surface area contributed by atoms with Crippen LogP contribution in [0.15, 0.2) is 4.99 Å². The van der Waals surface area contributed by atoms with Crippen LogP contribution in [-0.2, 0) is 4.79 Å². The molecular weight excluding hydrogens is 328 g/mol. The van der Waals surface area contributed by atoms with Gasteiger partial charge in [-0.25, -0.2) is 0 Å². The van der Waals surface area contributed by atoms with Gasteiger partial charge in [0.05, 0.1) is 18.6 Å². The average molecular weight is 367 g/mol. The molecule has 0 aromatic heterocycles. The van der Waals surface area contributed by atoms with Crippen LogP contribution in [-0.4, -0.2) is 109 Å². The number of aliphatic imine (C=N–C) groups is 1. The van der Waals surface area contributed by atoms with Gasteiger partial charge in [-0.15, -0.1) is 0 Å². The van der Waals surface area contributed by atoms with E-state index < -0.39 is 0 Å². The van der Waals surface area contributed by atoms with Gasteiger partial charge in [0.25, 0.3) is 0 Å². The minimum absolute atomic E-state index is 0.177. The Morgan fingerprint density at radius 3 is 2.58 bits per heavy atom. The Hall–Kier alpha value is -1.34. The third-order valence-electron chi connectivity index (χ3n) is 5.41. The maximum Gasteiger partial charge on any atom is 0.242 e. The van der Waals surface area contributed by atoms with Crippen molar-refractivity contribution in [2.75, 3.05) is 59.9 Å². The van der Waals surface area contributed by atoms with Crippen LogP contribution in [0.1, 0.15) is 34.6 Å². The monoisotopic (exact) mass is 366 g/mol. The third-order valence-corrected chi connectivity index (χ3v) is 5.41. The summed E-state index contributed by atoms with van der Waals surface area (Å²) < 4.78 is 0. The number of likely N-dealkylation sites (N-methyl/N-ethyl adjacent to an activating group) is 2. The predicted octanol–water partition coefficient (Wildman–Crippen LogP) is 0.529. The van der Waals surface area contributed by atoms with E-state index in [0.717, 1.165) is 45.2 Å². The lowest BCUT2D eigenvalue weighted by molar-refractivity contribution is -0.145. The van der Waals surface area contributed by atoms with Gasteiger partial charge in [0.15, 0.2) is 5.96 Å². The molecule has 1 N–H and O–H groups in total. The van der Waals surface area contributed by atoms with Gasteiger partial charge in [0, 0.05) is 44.8 Å². The van der Waals surface area contributed by atoms with Crippen LogP contribution < -0.4 is 5.32 Å². The van der Waals surface area contributed by atoms with Gasteiger partial charge in [-0.1, -0.05) is 0 Å². The lowest BCUT2D eigenvalue weighted by Crippen LogP contribution is -2.66. The van der Waals surface area contributed by atoms with Crippen molar-refractivity contribution in [2.45, 2.75) is 52.2 Å². The van der Waals surface area contributed by atoms with E-state index in [1.165, 1.54) is 0 Å². The number of rotatable bonds is 4. The summed E-state index contributed by atoms with van der Waals surface area (Å²) in [6, 6.07) is 0.633. The summed E-state index contributed by atoms with van der Waals surface area (Å²) in [7, 11) is 4.34. The molecule has 1 unspecified atom stereocenters. The highest BCUT2D eigenvalue weighted by molar-refractivity contribution is 5.88. The Kier molecular flexibility index (Phi) is 6.91. The Labute approximate surface area is 159 Å². The number of nitrogens with zero attached hydrogens (tertiary/aromatic N) is 5. The van der Waals surface area contributed by atoms with Crippen LogP contribution in [0.2, 0.25) is 0 Å². The number of hydrogen-bond donors (Lipinski definition) is 1. The molecule has 2 rings (SSSR count). The zero-order valence-electron chi connectivity index (χ0n) is 17.7. The van der Waals surface area contributed by atoms with Crippen molar-refractivity contribution in [3.8, 4) is 0 Å². The Morgan fingerprint density at radius 1 is 1.31 bits per heavy atom. The third kappa shape index (κ3) is 4.88. The average Bonchev–Trinajstić information content (AvgIpc) is 2.52. The quantitative estimate of drug-likeness (QED) is 0.581. The fraction of sp³-hybridized carbons (Fsp3) is 0.895. The maximum absolute atomic E-state index is 12.8. The summed E-state index contributed by atoms with van der Waals surface area (Å²) >= 11 is 0. The molecule has 0 aliphatic carbocycles. The molecule has 1 atom stereocenters. The Bertz CT molecular complexity index is 518. The molecule has 7 nitrogen and oxygen atoms in total. The number of carbonyl (C=O) groups is 1. The summed E-state index contributed by atoms with van der Waals surface area (Å²) in [6.45, 7) is 16.5. The number of carbonyl (C=O) groups excluding carboxylic acids is 1. The molecule has 1 amide bonds. The van der Waals surface area contributed by atoms with Crippen molar-refractivity contribution < 1.29 is 4.79 Å². The maximum atomic E-state index is 12.8. The molecule has 0 aromatic carbocycles. The largest absolute Gasteiger partial charge is 0.357 e. The number of hydrogen-bond acceptors (Lipinski definition) is 4. The molecule has 26 heavy (non-hydrogen) atoms. The first-order valence-corrected chi connectivity index (χ1v) is 9.90. The van der Waals surface area contributed by atoms with Crippen molar-refractivity contribution in [2.24, 2.45) is 4.99 Å². The number of amides is 1. The van der Waals surface area contributed by atoms with Crippen LogP contribution in [0.5, 0.6) is 0 Å². The highest BCUT2D eigenvalue weighted by Gasteiger charge is 2.40. The van der Waals surface area contributed by atoms with Gasteiger partial charge >= 0.3 is 0 Å². The summed E-state index contributed by atoms with van der Waals surface area (Å²) in [5, 5.41) is 3.39. The second kappa shape index (κ2) is 8.57. The van der Waals surface area contributed by atoms with E-state index in [-0.39, 0.29) is 17.5 Å².